The zero-order valence-electron chi connectivity index (χ0n) is 20.4. The highest BCUT2D eigenvalue weighted by molar-refractivity contribution is 5.41. The van der Waals surface area contributed by atoms with Gasteiger partial charge < -0.3 is 9.47 Å². The number of nitrogens with zero attached hydrogens (tertiary/aromatic N) is 1. The predicted molar refractivity (Wildman–Crippen MR) is 130 cm³/mol. The van der Waals surface area contributed by atoms with E-state index in [1.54, 1.807) is 0 Å². The Labute approximate surface area is 190 Å². The minimum atomic E-state index is -0.222. The molecule has 0 aliphatic heterocycles. The van der Waals surface area contributed by atoms with Crippen LogP contribution in [0.4, 0.5) is 0 Å². The van der Waals surface area contributed by atoms with Crippen LogP contribution < -0.4 is 9.47 Å². The highest BCUT2D eigenvalue weighted by Crippen LogP contribution is 2.27. The van der Waals surface area contributed by atoms with Gasteiger partial charge in [0.05, 0.1) is 18.1 Å². The summed E-state index contributed by atoms with van der Waals surface area (Å²) >= 11 is 0. The number of nitriles is 1. The zero-order chi connectivity index (χ0) is 23.1. The molecule has 0 aliphatic carbocycles. The van der Waals surface area contributed by atoms with Gasteiger partial charge in [-0.05, 0) is 56.2 Å². The molecule has 3 nitrogen and oxygen atoms in total. The normalized spacial score (nSPS) is 10.8. The first-order chi connectivity index (χ1) is 14.8. The third-order valence-electron chi connectivity index (χ3n) is 4.67. The first-order valence-corrected chi connectivity index (χ1v) is 11.6. The average Bonchev–Trinajstić information content (AvgIpc) is 2.75. The van der Waals surface area contributed by atoms with Crippen LogP contribution in [0.15, 0.2) is 48.5 Å². The fraction of sp³-hybridized carbons (Fsp3) is 0.536. The van der Waals surface area contributed by atoms with Crippen LogP contribution in [0.2, 0.25) is 0 Å². The molecule has 170 valence electrons. The monoisotopic (exact) mass is 423 g/mol. The minimum absolute atomic E-state index is 0.222. The van der Waals surface area contributed by atoms with E-state index in [1.165, 1.54) is 5.56 Å². The van der Waals surface area contributed by atoms with Crippen molar-refractivity contribution in [3.63, 3.8) is 0 Å². The lowest BCUT2D eigenvalue weighted by molar-refractivity contribution is 0.286. The van der Waals surface area contributed by atoms with Crippen molar-refractivity contribution in [1.82, 2.24) is 0 Å². The summed E-state index contributed by atoms with van der Waals surface area (Å²) in [5.41, 5.74) is 2.13. The average molecular weight is 424 g/mol. The number of aryl methyl sites for hydroxylation is 1. The first-order valence-electron chi connectivity index (χ1n) is 11.6. The lowest BCUT2D eigenvalue weighted by atomic mass is 9.89. The summed E-state index contributed by atoms with van der Waals surface area (Å²) < 4.78 is 12.0. The Morgan fingerprint density at radius 3 is 2.23 bits per heavy atom. The molecule has 2 aromatic rings. The summed E-state index contributed by atoms with van der Waals surface area (Å²) in [6.07, 6.45) is 5.01. The van der Waals surface area contributed by atoms with Crippen molar-refractivity contribution >= 4 is 0 Å². The van der Waals surface area contributed by atoms with Crippen LogP contribution in [0.1, 0.15) is 78.4 Å². The Kier molecular flexibility index (Phi) is 12.4. The van der Waals surface area contributed by atoms with E-state index in [9.17, 15) is 0 Å². The highest BCUT2D eigenvalue weighted by atomic mass is 16.5. The third kappa shape index (κ3) is 12.1. The van der Waals surface area contributed by atoms with Crippen molar-refractivity contribution in [1.29, 1.82) is 5.26 Å². The maximum Gasteiger partial charge on any atom is 0.126 e. The van der Waals surface area contributed by atoms with Crippen LogP contribution >= 0.6 is 0 Å². The van der Waals surface area contributed by atoms with Gasteiger partial charge in [0.15, 0.2) is 0 Å². The van der Waals surface area contributed by atoms with E-state index in [-0.39, 0.29) is 5.41 Å². The number of benzene rings is 2. The van der Waals surface area contributed by atoms with Gasteiger partial charge in [-0.2, -0.15) is 5.26 Å². The molecule has 0 saturated carbocycles. The van der Waals surface area contributed by atoms with Gasteiger partial charge in [0, 0.05) is 6.07 Å². The van der Waals surface area contributed by atoms with Crippen molar-refractivity contribution < 1.29 is 9.47 Å². The number of hydrogen-bond acceptors (Lipinski definition) is 3. The molecule has 0 N–H and O–H groups in total. The smallest absolute Gasteiger partial charge is 0.126 e. The standard InChI is InChI=1S/C24H31NO2.C4H10/c1-4-21-13-14-22(27-18-20-11-7-5-8-12-20)17-23(21)26-16-10-6-9-15-24(2,3)19-25;1-4(2)3/h5,7-8,11-14,17H,4,6,9-10,15-16,18H2,1-3H3;4H,1-3H3. The molecule has 0 heterocycles. The Balaban J connectivity index is 0.00000110. The van der Waals surface area contributed by atoms with E-state index >= 15 is 0 Å². The van der Waals surface area contributed by atoms with Gasteiger partial charge in [0.25, 0.3) is 0 Å². The molecule has 0 spiro atoms. The van der Waals surface area contributed by atoms with Gasteiger partial charge in [-0.25, -0.2) is 0 Å². The maximum atomic E-state index is 9.06. The summed E-state index contributed by atoms with van der Waals surface area (Å²) in [4.78, 5) is 0. The molecule has 0 amide bonds. The second-order valence-corrected chi connectivity index (χ2v) is 9.28. The van der Waals surface area contributed by atoms with E-state index < -0.39 is 0 Å². The van der Waals surface area contributed by atoms with E-state index in [0.29, 0.717) is 13.2 Å². The van der Waals surface area contributed by atoms with Crippen LogP contribution in [0.3, 0.4) is 0 Å². The number of ether oxygens (including phenoxy) is 2. The number of unbranched alkanes of at least 4 members (excludes halogenated alkanes) is 2. The van der Waals surface area contributed by atoms with Gasteiger partial charge >= 0.3 is 0 Å². The summed E-state index contributed by atoms with van der Waals surface area (Å²) in [5.74, 6) is 2.59. The molecule has 2 rings (SSSR count). The Morgan fingerprint density at radius 1 is 0.935 bits per heavy atom. The number of hydrogen-bond donors (Lipinski definition) is 0. The van der Waals surface area contributed by atoms with Gasteiger partial charge in [0.1, 0.15) is 18.1 Å². The van der Waals surface area contributed by atoms with Gasteiger partial charge in [-0.1, -0.05) is 76.9 Å². The summed E-state index contributed by atoms with van der Waals surface area (Å²) in [6.45, 7) is 13.9. The third-order valence-corrected chi connectivity index (χ3v) is 4.67. The fourth-order valence-electron chi connectivity index (χ4n) is 2.88. The van der Waals surface area contributed by atoms with Crippen LogP contribution in [-0.4, -0.2) is 6.61 Å². The second-order valence-electron chi connectivity index (χ2n) is 9.28. The Morgan fingerprint density at radius 2 is 1.61 bits per heavy atom. The molecular formula is C28H41NO2. The van der Waals surface area contributed by atoms with Gasteiger partial charge in [0.2, 0.25) is 0 Å². The van der Waals surface area contributed by atoms with E-state index in [0.717, 1.165) is 55.1 Å². The zero-order valence-corrected chi connectivity index (χ0v) is 20.4. The molecule has 0 fully saturated rings. The molecule has 31 heavy (non-hydrogen) atoms. The fourth-order valence-corrected chi connectivity index (χ4v) is 2.88. The van der Waals surface area contributed by atoms with Gasteiger partial charge in [-0.15, -0.1) is 0 Å². The first kappa shape index (κ1) is 26.6. The topological polar surface area (TPSA) is 42.2 Å². The molecule has 0 aromatic heterocycles. The lowest BCUT2D eigenvalue weighted by Crippen LogP contribution is -2.07. The van der Waals surface area contributed by atoms with Gasteiger partial charge in [-0.3, -0.25) is 0 Å². The molecule has 3 heteroatoms. The lowest BCUT2D eigenvalue weighted by Gasteiger charge is -2.15. The summed E-state index contributed by atoms with van der Waals surface area (Å²) in [6, 6.07) is 18.6. The molecule has 0 radical (unpaired) electrons. The molecule has 2 aromatic carbocycles. The number of rotatable bonds is 11. The maximum absolute atomic E-state index is 9.06. The van der Waals surface area contributed by atoms with Crippen LogP contribution in [0.5, 0.6) is 11.5 Å². The van der Waals surface area contributed by atoms with Crippen molar-refractivity contribution in [2.24, 2.45) is 11.3 Å². The molecule has 0 bridgehead atoms. The predicted octanol–water partition coefficient (Wildman–Crippen LogP) is 7.98. The van der Waals surface area contributed by atoms with E-state index in [1.807, 2.05) is 44.2 Å². The van der Waals surface area contributed by atoms with Crippen molar-refractivity contribution in [2.45, 2.75) is 80.3 Å². The van der Waals surface area contributed by atoms with Crippen molar-refractivity contribution in [3.8, 4) is 17.6 Å². The second kappa shape index (κ2) is 14.5. The largest absolute Gasteiger partial charge is 0.493 e. The Bertz CT molecular complexity index is 773. The molecule has 0 aliphatic rings. The summed E-state index contributed by atoms with van der Waals surface area (Å²) in [7, 11) is 0. The summed E-state index contributed by atoms with van der Waals surface area (Å²) in [5, 5.41) is 9.06. The van der Waals surface area contributed by atoms with Crippen molar-refractivity contribution in [3.05, 3.63) is 59.7 Å². The molecule has 0 saturated heterocycles. The Hall–Kier alpha value is -2.47. The van der Waals surface area contributed by atoms with Crippen LogP contribution in [-0.2, 0) is 13.0 Å². The SMILES string of the molecule is CC(C)C.CCc1ccc(OCc2ccccc2)cc1OCCCCCC(C)(C)C#N. The van der Waals surface area contributed by atoms with Crippen molar-refractivity contribution in [2.75, 3.05) is 6.61 Å². The molecule has 0 unspecified atom stereocenters. The van der Waals surface area contributed by atoms with Crippen LogP contribution in [0, 0.1) is 22.7 Å². The van der Waals surface area contributed by atoms with E-state index in [2.05, 4.69) is 52.0 Å². The molecular weight excluding hydrogens is 382 g/mol. The quantitative estimate of drug-likeness (QED) is 0.344. The highest BCUT2D eigenvalue weighted by Gasteiger charge is 2.15. The van der Waals surface area contributed by atoms with E-state index in [4.69, 9.17) is 14.7 Å². The van der Waals surface area contributed by atoms with Crippen LogP contribution in [0.25, 0.3) is 0 Å². The minimum Gasteiger partial charge on any atom is -0.493 e. The molecule has 0 atom stereocenters.